The molecule has 0 bridgehead atoms. The molecule has 1 aliphatic heterocycles. The molecule has 0 spiro atoms. The molecule has 0 aliphatic carbocycles. The summed E-state index contributed by atoms with van der Waals surface area (Å²) in [6.45, 7) is 1.11. The van der Waals surface area contributed by atoms with E-state index in [1.54, 1.807) is 12.1 Å². The molecule has 134 valence electrons. The molecule has 1 aromatic rings. The Labute approximate surface area is 148 Å². The first kappa shape index (κ1) is 19.3. The van der Waals surface area contributed by atoms with Crippen molar-refractivity contribution in [1.29, 1.82) is 0 Å². The van der Waals surface area contributed by atoms with Crippen LogP contribution in [-0.4, -0.2) is 55.7 Å². The first-order valence-corrected chi connectivity index (χ1v) is 8.25. The van der Waals surface area contributed by atoms with E-state index in [0.29, 0.717) is 41.8 Å². The van der Waals surface area contributed by atoms with Crippen molar-refractivity contribution in [3.63, 3.8) is 0 Å². The number of alkyl halides is 3. The molecule has 1 heterocycles. The molecule has 1 saturated heterocycles. The molecule has 0 aromatic heterocycles. The maximum Gasteiger partial charge on any atom is 0.405 e. The summed E-state index contributed by atoms with van der Waals surface area (Å²) in [6.07, 6.45) is -4.50. The Balaban J connectivity index is 1.94. The van der Waals surface area contributed by atoms with Crippen molar-refractivity contribution in [2.24, 2.45) is 0 Å². The Kier molecular flexibility index (Phi) is 6.74. The summed E-state index contributed by atoms with van der Waals surface area (Å²) < 4.78 is 39.7. The number of carbonyl (C=O) groups is 1. The minimum Gasteiger partial charge on any atom is -0.354 e. The lowest BCUT2D eigenvalue weighted by molar-refractivity contribution is -0.184. The number of benzene rings is 1. The van der Waals surface area contributed by atoms with Gasteiger partial charge < -0.3 is 10.6 Å². The largest absolute Gasteiger partial charge is 0.405 e. The highest BCUT2D eigenvalue weighted by Gasteiger charge is 2.43. The van der Waals surface area contributed by atoms with Gasteiger partial charge in [-0.15, -0.1) is 0 Å². The first-order valence-electron chi connectivity index (χ1n) is 7.49. The van der Waals surface area contributed by atoms with Crippen molar-refractivity contribution < 1.29 is 18.0 Å². The smallest absolute Gasteiger partial charge is 0.354 e. The fourth-order valence-corrected chi connectivity index (χ4v) is 3.03. The van der Waals surface area contributed by atoms with Gasteiger partial charge in [0.15, 0.2) is 0 Å². The lowest BCUT2D eigenvalue weighted by Crippen LogP contribution is -2.57. The summed E-state index contributed by atoms with van der Waals surface area (Å²) in [5, 5.41) is 6.11. The van der Waals surface area contributed by atoms with Gasteiger partial charge in [-0.2, -0.15) is 13.2 Å². The second-order valence-electron chi connectivity index (χ2n) is 5.56. The molecule has 1 aliphatic rings. The number of hydrogen-bond donors (Lipinski definition) is 2. The molecule has 0 radical (unpaired) electrons. The number of amides is 1. The fourth-order valence-electron chi connectivity index (χ4n) is 2.56. The van der Waals surface area contributed by atoms with Crippen LogP contribution in [-0.2, 0) is 11.2 Å². The Morgan fingerprint density at radius 3 is 2.54 bits per heavy atom. The molecule has 24 heavy (non-hydrogen) atoms. The zero-order valence-corrected chi connectivity index (χ0v) is 14.3. The molecule has 2 N–H and O–H groups in total. The molecular weight excluding hydrogens is 366 g/mol. The van der Waals surface area contributed by atoms with Gasteiger partial charge in [0.2, 0.25) is 5.91 Å². The van der Waals surface area contributed by atoms with Gasteiger partial charge in [-0.1, -0.05) is 29.3 Å². The maximum atomic E-state index is 13.2. The SMILES string of the molecule is O=C(Cc1ccc(Cl)cc1Cl)NCC(N1CCNCC1)C(F)(F)F. The summed E-state index contributed by atoms with van der Waals surface area (Å²) in [5.74, 6) is -0.511. The standard InChI is InChI=1S/C15H18Cl2F3N3O/c16-11-2-1-10(12(17)8-11)7-14(24)22-9-13(15(18,19)20)23-5-3-21-4-6-23/h1-2,8,13,21H,3-7,9H2,(H,22,24). The second kappa shape index (κ2) is 8.38. The lowest BCUT2D eigenvalue weighted by Gasteiger charge is -2.35. The van der Waals surface area contributed by atoms with Crippen molar-refractivity contribution in [1.82, 2.24) is 15.5 Å². The van der Waals surface area contributed by atoms with E-state index in [2.05, 4.69) is 10.6 Å². The Hall–Kier alpha value is -1.02. The van der Waals surface area contributed by atoms with E-state index >= 15 is 0 Å². The highest BCUT2D eigenvalue weighted by molar-refractivity contribution is 6.35. The third kappa shape index (κ3) is 5.51. The molecule has 4 nitrogen and oxygen atoms in total. The van der Waals surface area contributed by atoms with Crippen molar-refractivity contribution in [3.8, 4) is 0 Å². The Morgan fingerprint density at radius 1 is 1.29 bits per heavy atom. The van der Waals surface area contributed by atoms with E-state index in [-0.39, 0.29) is 6.42 Å². The number of piperazine rings is 1. The van der Waals surface area contributed by atoms with Crippen LogP contribution in [0.2, 0.25) is 10.0 Å². The van der Waals surface area contributed by atoms with Gasteiger partial charge in [-0.05, 0) is 17.7 Å². The van der Waals surface area contributed by atoms with Crippen LogP contribution in [0.5, 0.6) is 0 Å². The number of rotatable bonds is 5. The van der Waals surface area contributed by atoms with Crippen LogP contribution in [0.3, 0.4) is 0 Å². The van der Waals surface area contributed by atoms with Gasteiger partial charge in [-0.25, -0.2) is 0 Å². The van der Waals surface area contributed by atoms with Gasteiger partial charge >= 0.3 is 6.18 Å². The molecule has 0 saturated carbocycles. The normalized spacial score (nSPS) is 17.5. The lowest BCUT2D eigenvalue weighted by atomic mass is 10.1. The monoisotopic (exact) mass is 383 g/mol. The molecule has 9 heteroatoms. The van der Waals surface area contributed by atoms with Crippen molar-refractivity contribution in [2.45, 2.75) is 18.6 Å². The summed E-state index contributed by atoms with van der Waals surface area (Å²) in [7, 11) is 0. The summed E-state index contributed by atoms with van der Waals surface area (Å²) in [6, 6.07) is 2.96. The van der Waals surface area contributed by atoms with E-state index in [1.165, 1.54) is 11.0 Å². The molecule has 1 atom stereocenters. The predicted molar refractivity (Wildman–Crippen MR) is 87.5 cm³/mol. The Morgan fingerprint density at radius 2 is 1.96 bits per heavy atom. The molecule has 2 rings (SSSR count). The maximum absolute atomic E-state index is 13.2. The average Bonchev–Trinajstić information content (AvgIpc) is 2.50. The van der Waals surface area contributed by atoms with E-state index < -0.39 is 24.7 Å². The van der Waals surface area contributed by atoms with Gasteiger partial charge in [0.05, 0.1) is 6.42 Å². The van der Waals surface area contributed by atoms with Gasteiger partial charge in [0.1, 0.15) is 6.04 Å². The highest BCUT2D eigenvalue weighted by atomic mass is 35.5. The van der Waals surface area contributed by atoms with Crippen LogP contribution in [0.1, 0.15) is 5.56 Å². The van der Waals surface area contributed by atoms with Crippen molar-refractivity contribution in [2.75, 3.05) is 32.7 Å². The number of nitrogens with zero attached hydrogens (tertiary/aromatic N) is 1. The fraction of sp³-hybridized carbons (Fsp3) is 0.533. The number of hydrogen-bond acceptors (Lipinski definition) is 3. The minimum atomic E-state index is -4.40. The quantitative estimate of drug-likeness (QED) is 0.820. The molecule has 1 fully saturated rings. The van der Waals surface area contributed by atoms with Crippen LogP contribution in [0, 0.1) is 0 Å². The van der Waals surface area contributed by atoms with Crippen molar-refractivity contribution >= 4 is 29.1 Å². The topological polar surface area (TPSA) is 44.4 Å². The number of nitrogens with one attached hydrogen (secondary N) is 2. The van der Waals surface area contributed by atoms with E-state index in [1.807, 2.05) is 0 Å². The zero-order valence-electron chi connectivity index (χ0n) is 12.8. The number of carbonyl (C=O) groups excluding carboxylic acids is 1. The van der Waals surface area contributed by atoms with E-state index in [4.69, 9.17) is 23.2 Å². The van der Waals surface area contributed by atoms with Gasteiger partial charge in [0.25, 0.3) is 0 Å². The van der Waals surface area contributed by atoms with Crippen LogP contribution >= 0.6 is 23.2 Å². The summed E-state index contributed by atoms with van der Waals surface area (Å²) in [4.78, 5) is 13.3. The summed E-state index contributed by atoms with van der Waals surface area (Å²) >= 11 is 11.7. The average molecular weight is 384 g/mol. The van der Waals surface area contributed by atoms with Gasteiger partial charge in [0, 0.05) is 42.8 Å². The third-order valence-corrected chi connectivity index (χ3v) is 4.42. The van der Waals surface area contributed by atoms with E-state index in [0.717, 1.165) is 0 Å². The predicted octanol–water partition coefficient (Wildman–Crippen LogP) is 2.49. The summed E-state index contributed by atoms with van der Waals surface area (Å²) in [5.41, 5.74) is 0.518. The number of halogens is 5. The second-order valence-corrected chi connectivity index (χ2v) is 6.40. The zero-order chi connectivity index (χ0) is 17.7. The van der Waals surface area contributed by atoms with Crippen LogP contribution in [0.15, 0.2) is 18.2 Å². The van der Waals surface area contributed by atoms with Crippen molar-refractivity contribution in [3.05, 3.63) is 33.8 Å². The molecular formula is C15H18Cl2F3N3O. The van der Waals surface area contributed by atoms with Crippen LogP contribution in [0.4, 0.5) is 13.2 Å². The first-order chi connectivity index (χ1) is 11.3. The Bertz CT molecular complexity index is 578. The van der Waals surface area contributed by atoms with Gasteiger partial charge in [-0.3, -0.25) is 9.69 Å². The molecule has 1 amide bonds. The highest BCUT2D eigenvalue weighted by Crippen LogP contribution is 2.25. The minimum absolute atomic E-state index is 0.0951. The van der Waals surface area contributed by atoms with Crippen LogP contribution < -0.4 is 10.6 Å². The van der Waals surface area contributed by atoms with E-state index in [9.17, 15) is 18.0 Å². The van der Waals surface area contributed by atoms with Crippen LogP contribution in [0.25, 0.3) is 0 Å². The molecule has 1 aromatic carbocycles. The third-order valence-electron chi connectivity index (χ3n) is 3.83. The molecule has 1 unspecified atom stereocenters.